The van der Waals surface area contributed by atoms with Crippen molar-refractivity contribution in [1.82, 2.24) is 4.90 Å². The standard InChI is InChI=1S/C15H23NO4/c1-5-16(6-2)10-15(17)20-11-12-9-13(18-3)7-8-14(12)19-4/h7-9H,5-6,10-11H2,1-4H3. The maximum atomic E-state index is 11.8. The summed E-state index contributed by atoms with van der Waals surface area (Å²) in [6.45, 7) is 6.17. The first-order valence-corrected chi connectivity index (χ1v) is 6.73. The molecule has 0 heterocycles. The van der Waals surface area contributed by atoms with E-state index in [1.165, 1.54) is 0 Å². The van der Waals surface area contributed by atoms with Crippen molar-refractivity contribution in [1.29, 1.82) is 0 Å². The van der Waals surface area contributed by atoms with Gasteiger partial charge in [-0.3, -0.25) is 9.69 Å². The van der Waals surface area contributed by atoms with Crippen LogP contribution in [0.5, 0.6) is 11.5 Å². The van der Waals surface area contributed by atoms with Gasteiger partial charge in [-0.15, -0.1) is 0 Å². The van der Waals surface area contributed by atoms with Crippen LogP contribution in [0.4, 0.5) is 0 Å². The van der Waals surface area contributed by atoms with Gasteiger partial charge in [0.1, 0.15) is 18.1 Å². The second-order valence-corrected chi connectivity index (χ2v) is 4.30. The number of methoxy groups -OCH3 is 2. The van der Waals surface area contributed by atoms with Gasteiger partial charge in [0.15, 0.2) is 0 Å². The fraction of sp³-hybridized carbons (Fsp3) is 0.533. The second kappa shape index (κ2) is 8.43. The number of nitrogens with zero attached hydrogens (tertiary/aromatic N) is 1. The summed E-state index contributed by atoms with van der Waals surface area (Å²) in [4.78, 5) is 13.8. The highest BCUT2D eigenvalue weighted by Gasteiger charge is 2.11. The van der Waals surface area contributed by atoms with Crippen molar-refractivity contribution in [2.24, 2.45) is 0 Å². The van der Waals surface area contributed by atoms with Crippen LogP contribution in [-0.2, 0) is 16.1 Å². The molecule has 0 bridgehead atoms. The molecule has 1 aromatic carbocycles. The smallest absolute Gasteiger partial charge is 0.320 e. The quantitative estimate of drug-likeness (QED) is 0.683. The third-order valence-corrected chi connectivity index (χ3v) is 3.12. The Bertz CT molecular complexity index is 430. The van der Waals surface area contributed by atoms with Gasteiger partial charge in [0.05, 0.1) is 20.8 Å². The van der Waals surface area contributed by atoms with Crippen LogP contribution in [0.25, 0.3) is 0 Å². The average Bonchev–Trinajstić information content (AvgIpc) is 2.50. The molecule has 0 saturated carbocycles. The molecular weight excluding hydrogens is 258 g/mol. The lowest BCUT2D eigenvalue weighted by Gasteiger charge is -2.17. The maximum absolute atomic E-state index is 11.8. The highest BCUT2D eigenvalue weighted by Crippen LogP contribution is 2.24. The van der Waals surface area contributed by atoms with Crippen LogP contribution >= 0.6 is 0 Å². The fourth-order valence-electron chi connectivity index (χ4n) is 1.83. The van der Waals surface area contributed by atoms with Crippen molar-refractivity contribution >= 4 is 5.97 Å². The van der Waals surface area contributed by atoms with E-state index in [1.807, 2.05) is 24.8 Å². The van der Waals surface area contributed by atoms with E-state index in [4.69, 9.17) is 14.2 Å². The third kappa shape index (κ3) is 4.74. The van der Waals surface area contributed by atoms with E-state index in [9.17, 15) is 4.79 Å². The predicted molar refractivity (Wildman–Crippen MR) is 77.1 cm³/mol. The van der Waals surface area contributed by atoms with Gasteiger partial charge in [0.2, 0.25) is 0 Å². The minimum atomic E-state index is -0.237. The Morgan fingerprint density at radius 3 is 2.40 bits per heavy atom. The molecule has 0 fully saturated rings. The molecule has 0 aliphatic rings. The number of hydrogen-bond donors (Lipinski definition) is 0. The first kappa shape index (κ1) is 16.3. The Labute approximate surface area is 120 Å². The summed E-state index contributed by atoms with van der Waals surface area (Å²) >= 11 is 0. The van der Waals surface area contributed by atoms with Crippen LogP contribution in [0.15, 0.2) is 18.2 Å². The molecule has 1 rings (SSSR count). The number of ether oxygens (including phenoxy) is 3. The predicted octanol–water partition coefficient (Wildman–Crippen LogP) is 2.09. The SMILES string of the molecule is CCN(CC)CC(=O)OCc1cc(OC)ccc1OC. The van der Waals surface area contributed by atoms with Crippen LogP contribution in [0.1, 0.15) is 19.4 Å². The summed E-state index contributed by atoms with van der Waals surface area (Å²) in [7, 11) is 3.18. The summed E-state index contributed by atoms with van der Waals surface area (Å²) in [5.41, 5.74) is 0.791. The molecule has 0 aliphatic carbocycles. The first-order valence-electron chi connectivity index (χ1n) is 6.73. The van der Waals surface area contributed by atoms with Crippen molar-refractivity contribution in [3.05, 3.63) is 23.8 Å². The normalized spacial score (nSPS) is 10.4. The minimum Gasteiger partial charge on any atom is -0.497 e. The van der Waals surface area contributed by atoms with E-state index >= 15 is 0 Å². The second-order valence-electron chi connectivity index (χ2n) is 4.30. The van der Waals surface area contributed by atoms with Crippen molar-refractivity contribution in [3.63, 3.8) is 0 Å². The van der Waals surface area contributed by atoms with Crippen molar-refractivity contribution in [2.75, 3.05) is 33.9 Å². The molecule has 5 nitrogen and oxygen atoms in total. The average molecular weight is 281 g/mol. The van der Waals surface area contributed by atoms with E-state index in [-0.39, 0.29) is 12.6 Å². The first-order chi connectivity index (χ1) is 9.64. The zero-order chi connectivity index (χ0) is 15.0. The largest absolute Gasteiger partial charge is 0.497 e. The van der Waals surface area contributed by atoms with Crippen LogP contribution in [0.3, 0.4) is 0 Å². The van der Waals surface area contributed by atoms with Gasteiger partial charge in [-0.1, -0.05) is 13.8 Å². The van der Waals surface area contributed by atoms with Crippen molar-refractivity contribution < 1.29 is 19.0 Å². The Balaban J connectivity index is 2.62. The Morgan fingerprint density at radius 1 is 1.15 bits per heavy atom. The monoisotopic (exact) mass is 281 g/mol. The molecule has 112 valence electrons. The number of rotatable bonds is 8. The molecular formula is C15H23NO4. The van der Waals surface area contributed by atoms with Gasteiger partial charge >= 0.3 is 5.97 Å². The summed E-state index contributed by atoms with van der Waals surface area (Å²) in [5, 5.41) is 0. The number of carbonyl (C=O) groups is 1. The lowest BCUT2D eigenvalue weighted by molar-refractivity contribution is -0.146. The van der Waals surface area contributed by atoms with E-state index in [2.05, 4.69) is 0 Å². The summed E-state index contributed by atoms with van der Waals surface area (Å²) in [5.74, 6) is 1.15. The highest BCUT2D eigenvalue weighted by atomic mass is 16.5. The molecule has 1 aromatic rings. The van der Waals surface area contributed by atoms with Gasteiger partial charge in [-0.05, 0) is 31.3 Å². The molecule has 0 radical (unpaired) electrons. The zero-order valence-corrected chi connectivity index (χ0v) is 12.6. The Morgan fingerprint density at radius 2 is 1.85 bits per heavy atom. The number of esters is 1. The highest BCUT2D eigenvalue weighted by molar-refractivity contribution is 5.71. The molecule has 5 heteroatoms. The third-order valence-electron chi connectivity index (χ3n) is 3.12. The van der Waals surface area contributed by atoms with Gasteiger partial charge < -0.3 is 14.2 Å². The molecule has 0 saturated heterocycles. The van der Waals surface area contributed by atoms with E-state index < -0.39 is 0 Å². The maximum Gasteiger partial charge on any atom is 0.320 e. The molecule has 20 heavy (non-hydrogen) atoms. The molecule has 0 spiro atoms. The topological polar surface area (TPSA) is 48.0 Å². The fourth-order valence-corrected chi connectivity index (χ4v) is 1.83. The van der Waals surface area contributed by atoms with Crippen molar-refractivity contribution in [3.8, 4) is 11.5 Å². The van der Waals surface area contributed by atoms with Crippen LogP contribution in [0, 0.1) is 0 Å². The Kier molecular flexibility index (Phi) is 6.87. The molecule has 0 aromatic heterocycles. The molecule has 0 aliphatic heterocycles. The van der Waals surface area contributed by atoms with Gasteiger partial charge in [0, 0.05) is 5.56 Å². The zero-order valence-electron chi connectivity index (χ0n) is 12.6. The number of benzene rings is 1. The van der Waals surface area contributed by atoms with Gasteiger partial charge in [-0.25, -0.2) is 0 Å². The van der Waals surface area contributed by atoms with Crippen LogP contribution in [-0.4, -0.2) is 44.7 Å². The lowest BCUT2D eigenvalue weighted by Crippen LogP contribution is -2.30. The van der Waals surface area contributed by atoms with E-state index in [1.54, 1.807) is 26.4 Å². The summed E-state index contributed by atoms with van der Waals surface area (Å²) in [6, 6.07) is 5.41. The molecule has 0 atom stereocenters. The molecule has 0 amide bonds. The minimum absolute atomic E-state index is 0.181. The van der Waals surface area contributed by atoms with Gasteiger partial charge in [-0.2, -0.15) is 0 Å². The van der Waals surface area contributed by atoms with E-state index in [0.717, 1.165) is 18.7 Å². The summed E-state index contributed by atoms with van der Waals surface area (Å²) in [6.07, 6.45) is 0. The van der Waals surface area contributed by atoms with Crippen LogP contribution < -0.4 is 9.47 Å². The summed E-state index contributed by atoms with van der Waals surface area (Å²) < 4.78 is 15.7. The van der Waals surface area contributed by atoms with Crippen LogP contribution in [0.2, 0.25) is 0 Å². The Hall–Kier alpha value is -1.75. The van der Waals surface area contributed by atoms with Gasteiger partial charge in [0.25, 0.3) is 0 Å². The van der Waals surface area contributed by atoms with E-state index in [0.29, 0.717) is 18.0 Å². The van der Waals surface area contributed by atoms with Crippen molar-refractivity contribution in [2.45, 2.75) is 20.5 Å². The number of likely N-dealkylation sites (N-methyl/N-ethyl adjacent to an activating group) is 1. The lowest BCUT2D eigenvalue weighted by atomic mass is 10.2. The molecule has 0 unspecified atom stereocenters. The number of hydrogen-bond acceptors (Lipinski definition) is 5. The molecule has 0 N–H and O–H groups in total. The number of carbonyl (C=O) groups excluding carboxylic acids is 1.